The molecule has 0 aromatic heterocycles. The molecule has 1 heterocycles. The van der Waals surface area contributed by atoms with Crippen molar-refractivity contribution in [3.8, 4) is 0 Å². The van der Waals surface area contributed by atoms with Crippen LogP contribution in [0.3, 0.4) is 0 Å². The average Bonchev–Trinajstić information content (AvgIpc) is 2.71. The van der Waals surface area contributed by atoms with Crippen LogP contribution in [-0.2, 0) is 14.3 Å². The van der Waals surface area contributed by atoms with Crippen molar-refractivity contribution in [1.29, 1.82) is 0 Å². The molecule has 3 rings (SSSR count). The van der Waals surface area contributed by atoms with Gasteiger partial charge in [-0.3, -0.25) is 9.59 Å². The van der Waals surface area contributed by atoms with E-state index in [0.29, 0.717) is 18.1 Å². The summed E-state index contributed by atoms with van der Waals surface area (Å²) in [6.07, 6.45) is 0. The summed E-state index contributed by atoms with van der Waals surface area (Å²) in [6.45, 7) is 2.45. The summed E-state index contributed by atoms with van der Waals surface area (Å²) in [6, 6.07) is 17.3. The summed E-state index contributed by atoms with van der Waals surface area (Å²) in [5, 5.41) is 0.700. The lowest BCUT2D eigenvalue weighted by Gasteiger charge is -2.36. The minimum Gasteiger partial charge on any atom is -0.455 e. The number of thioether (sulfide) groups is 1. The Morgan fingerprint density at radius 2 is 1.74 bits per heavy atom. The van der Waals surface area contributed by atoms with E-state index in [2.05, 4.69) is 4.90 Å². The summed E-state index contributed by atoms with van der Waals surface area (Å²) in [4.78, 5) is 29.0. The Morgan fingerprint density at radius 3 is 2.44 bits per heavy atom. The van der Waals surface area contributed by atoms with Crippen LogP contribution in [0.4, 0.5) is 5.69 Å². The number of amides is 1. The number of ether oxygens (including phenoxy) is 1. The van der Waals surface area contributed by atoms with Crippen LogP contribution in [0.1, 0.15) is 0 Å². The van der Waals surface area contributed by atoms with E-state index in [1.807, 2.05) is 54.6 Å². The molecule has 1 aliphatic rings. The molecular weight excluding hydrogens is 384 g/mol. The number of benzene rings is 2. The molecule has 142 valence electrons. The van der Waals surface area contributed by atoms with Gasteiger partial charge in [0.2, 0.25) is 0 Å². The number of halogens is 1. The molecule has 2 aromatic rings. The molecule has 7 heteroatoms. The van der Waals surface area contributed by atoms with Crippen molar-refractivity contribution < 1.29 is 14.3 Å². The molecule has 1 fully saturated rings. The molecule has 0 spiro atoms. The van der Waals surface area contributed by atoms with Crippen LogP contribution in [0.5, 0.6) is 0 Å². The van der Waals surface area contributed by atoms with Gasteiger partial charge in [-0.15, -0.1) is 11.8 Å². The molecule has 0 saturated carbocycles. The molecule has 5 nitrogen and oxygen atoms in total. The molecule has 0 unspecified atom stereocenters. The number of nitrogens with zero attached hydrogens (tertiary/aromatic N) is 2. The van der Waals surface area contributed by atoms with Crippen LogP contribution in [0.2, 0.25) is 5.02 Å². The smallest absolute Gasteiger partial charge is 0.316 e. The summed E-state index contributed by atoms with van der Waals surface area (Å²) in [7, 11) is 0. The number of carbonyl (C=O) groups is 2. The van der Waals surface area contributed by atoms with Crippen LogP contribution < -0.4 is 4.90 Å². The van der Waals surface area contributed by atoms with Crippen molar-refractivity contribution in [2.75, 3.05) is 43.4 Å². The molecule has 27 heavy (non-hydrogen) atoms. The maximum atomic E-state index is 12.3. The van der Waals surface area contributed by atoms with Crippen molar-refractivity contribution >= 4 is 40.9 Å². The Balaban J connectivity index is 1.38. The van der Waals surface area contributed by atoms with Crippen molar-refractivity contribution in [1.82, 2.24) is 4.90 Å². The number of hydrogen-bond donors (Lipinski definition) is 0. The quantitative estimate of drug-likeness (QED) is 0.546. The molecule has 1 amide bonds. The first-order valence-corrected chi connectivity index (χ1v) is 10.1. The Morgan fingerprint density at radius 1 is 1.00 bits per heavy atom. The number of rotatable bonds is 6. The third-order valence-electron chi connectivity index (χ3n) is 4.26. The summed E-state index contributed by atoms with van der Waals surface area (Å²) in [5.74, 6) is -0.339. The molecule has 0 bridgehead atoms. The molecule has 2 aromatic carbocycles. The minimum absolute atomic E-state index is 0.154. The lowest BCUT2D eigenvalue weighted by atomic mass is 10.2. The van der Waals surface area contributed by atoms with Crippen molar-refractivity contribution in [2.24, 2.45) is 0 Å². The van der Waals surface area contributed by atoms with Crippen molar-refractivity contribution in [3.05, 3.63) is 59.6 Å². The highest BCUT2D eigenvalue weighted by Crippen LogP contribution is 2.21. The van der Waals surface area contributed by atoms with Crippen molar-refractivity contribution in [3.63, 3.8) is 0 Å². The lowest BCUT2D eigenvalue weighted by Crippen LogP contribution is -2.50. The van der Waals surface area contributed by atoms with Crippen molar-refractivity contribution in [2.45, 2.75) is 4.90 Å². The molecule has 0 aliphatic carbocycles. The van der Waals surface area contributed by atoms with Crippen LogP contribution in [0.15, 0.2) is 59.5 Å². The Bertz CT molecular complexity index is 780. The number of anilines is 1. The van der Waals surface area contributed by atoms with E-state index in [9.17, 15) is 9.59 Å². The van der Waals surface area contributed by atoms with Gasteiger partial charge in [0, 0.05) is 41.8 Å². The normalized spacial score (nSPS) is 14.1. The van der Waals surface area contributed by atoms with Crippen LogP contribution in [0.25, 0.3) is 0 Å². The minimum atomic E-state index is -0.380. The molecule has 0 radical (unpaired) electrons. The van der Waals surface area contributed by atoms with Crippen LogP contribution >= 0.6 is 23.4 Å². The van der Waals surface area contributed by atoms with Gasteiger partial charge in [0.25, 0.3) is 5.91 Å². The van der Waals surface area contributed by atoms with E-state index >= 15 is 0 Å². The highest BCUT2D eigenvalue weighted by molar-refractivity contribution is 8.00. The molecule has 1 saturated heterocycles. The van der Waals surface area contributed by atoms with Gasteiger partial charge in [-0.2, -0.15) is 0 Å². The fourth-order valence-corrected chi connectivity index (χ4v) is 3.72. The number of piperazine rings is 1. The average molecular weight is 405 g/mol. The summed E-state index contributed by atoms with van der Waals surface area (Å²) >= 11 is 7.44. The van der Waals surface area contributed by atoms with E-state index < -0.39 is 0 Å². The third kappa shape index (κ3) is 5.91. The Labute approximate surface area is 168 Å². The van der Waals surface area contributed by atoms with E-state index in [0.717, 1.165) is 23.7 Å². The van der Waals surface area contributed by atoms with Gasteiger partial charge in [-0.05, 0) is 30.3 Å². The van der Waals surface area contributed by atoms with Gasteiger partial charge < -0.3 is 14.5 Å². The lowest BCUT2D eigenvalue weighted by molar-refractivity contribution is -0.150. The standard InChI is InChI=1S/C20H21ClN2O3S/c21-16-5-4-6-17(13-16)22-9-11-23(12-10-22)19(24)14-26-20(25)15-27-18-7-2-1-3-8-18/h1-8,13H,9-12,14-15H2. The molecule has 0 N–H and O–H groups in total. The first-order valence-electron chi connectivity index (χ1n) is 8.73. The summed E-state index contributed by atoms with van der Waals surface area (Å²) in [5.41, 5.74) is 1.05. The van der Waals surface area contributed by atoms with Crippen LogP contribution in [0, 0.1) is 0 Å². The van der Waals surface area contributed by atoms with Gasteiger partial charge in [0.15, 0.2) is 6.61 Å². The molecule has 1 aliphatic heterocycles. The zero-order chi connectivity index (χ0) is 19.1. The maximum absolute atomic E-state index is 12.3. The number of esters is 1. The zero-order valence-corrected chi connectivity index (χ0v) is 16.4. The van der Waals surface area contributed by atoms with E-state index in [1.54, 1.807) is 4.90 Å². The Hall–Kier alpha value is -2.18. The number of hydrogen-bond acceptors (Lipinski definition) is 5. The predicted molar refractivity (Wildman–Crippen MR) is 108 cm³/mol. The monoisotopic (exact) mass is 404 g/mol. The fourth-order valence-electron chi connectivity index (χ4n) is 2.82. The van der Waals surface area contributed by atoms with E-state index in [-0.39, 0.29) is 24.2 Å². The van der Waals surface area contributed by atoms with Gasteiger partial charge in [-0.1, -0.05) is 35.9 Å². The molecule has 0 atom stereocenters. The fraction of sp³-hybridized carbons (Fsp3) is 0.300. The van der Waals surface area contributed by atoms with Gasteiger partial charge in [-0.25, -0.2) is 0 Å². The van der Waals surface area contributed by atoms with Gasteiger partial charge in [0.05, 0.1) is 5.75 Å². The highest BCUT2D eigenvalue weighted by Gasteiger charge is 2.22. The summed E-state index contributed by atoms with van der Waals surface area (Å²) < 4.78 is 5.12. The van der Waals surface area contributed by atoms with Gasteiger partial charge >= 0.3 is 5.97 Å². The topological polar surface area (TPSA) is 49.9 Å². The zero-order valence-electron chi connectivity index (χ0n) is 14.8. The van der Waals surface area contributed by atoms with E-state index in [1.165, 1.54) is 11.8 Å². The van der Waals surface area contributed by atoms with Gasteiger partial charge in [0.1, 0.15) is 0 Å². The first-order chi connectivity index (χ1) is 13.1. The second kappa shape index (κ2) is 9.67. The maximum Gasteiger partial charge on any atom is 0.316 e. The number of carbonyl (C=O) groups excluding carboxylic acids is 2. The largest absolute Gasteiger partial charge is 0.455 e. The highest BCUT2D eigenvalue weighted by atomic mass is 35.5. The third-order valence-corrected chi connectivity index (χ3v) is 5.48. The Kier molecular flexibility index (Phi) is 7.01. The van der Waals surface area contributed by atoms with E-state index in [4.69, 9.17) is 16.3 Å². The van der Waals surface area contributed by atoms with Crippen LogP contribution in [-0.4, -0.2) is 55.3 Å². The first kappa shape index (κ1) is 19.6. The molecular formula is C20H21ClN2O3S. The second-order valence-corrected chi connectivity index (χ2v) is 7.60. The second-order valence-electron chi connectivity index (χ2n) is 6.11. The predicted octanol–water partition coefficient (Wildman–Crippen LogP) is 3.32. The SMILES string of the molecule is O=C(CSc1ccccc1)OCC(=O)N1CCN(c2cccc(Cl)c2)CC1.